The first-order valence-corrected chi connectivity index (χ1v) is 4.93. The number of hydrogen-bond acceptors (Lipinski definition) is 1. The van der Waals surface area contributed by atoms with Gasteiger partial charge in [0.05, 0.1) is 0 Å². The van der Waals surface area contributed by atoms with E-state index in [2.05, 4.69) is 38.5 Å². The maximum absolute atomic E-state index is 10.5. The van der Waals surface area contributed by atoms with Gasteiger partial charge in [-0.1, -0.05) is 15.9 Å². The molecule has 58 valence electrons. The van der Waals surface area contributed by atoms with E-state index in [4.69, 9.17) is 0 Å². The molecule has 0 bridgehead atoms. The van der Waals surface area contributed by atoms with Crippen molar-refractivity contribution >= 4 is 44.8 Å². The fraction of sp³-hybridized carbons (Fsp3) is 0.125. The lowest BCUT2D eigenvalue weighted by molar-refractivity contribution is 0.112. The van der Waals surface area contributed by atoms with Crippen LogP contribution in [0.2, 0.25) is 0 Å². The van der Waals surface area contributed by atoms with Gasteiger partial charge in [-0.05, 0) is 47.2 Å². The van der Waals surface area contributed by atoms with Crippen molar-refractivity contribution in [1.29, 1.82) is 0 Å². The zero-order valence-electron chi connectivity index (χ0n) is 5.90. The van der Waals surface area contributed by atoms with Crippen LogP contribution < -0.4 is 0 Å². The molecular weight excluding hydrogens is 319 g/mol. The molecule has 0 aliphatic rings. The molecule has 0 unspecified atom stereocenters. The molecule has 0 radical (unpaired) electrons. The summed E-state index contributed by atoms with van der Waals surface area (Å²) in [6.45, 7) is 2.00. The van der Waals surface area contributed by atoms with Gasteiger partial charge in [-0.2, -0.15) is 0 Å². The van der Waals surface area contributed by atoms with Crippen molar-refractivity contribution in [3.8, 4) is 0 Å². The number of aldehydes is 1. The molecule has 0 fully saturated rings. The van der Waals surface area contributed by atoms with E-state index in [9.17, 15) is 4.79 Å². The standard InChI is InChI=1S/C8H6BrIO/c1-5-2-7(9)6(4-11)8(10)3-5/h2-4H,1H3. The van der Waals surface area contributed by atoms with E-state index in [0.717, 1.165) is 25.5 Å². The number of hydrogen-bond donors (Lipinski definition) is 0. The van der Waals surface area contributed by atoms with Crippen molar-refractivity contribution in [2.24, 2.45) is 0 Å². The first-order valence-electron chi connectivity index (χ1n) is 3.06. The lowest BCUT2D eigenvalue weighted by Crippen LogP contribution is -1.88. The fourth-order valence-electron chi connectivity index (χ4n) is 0.824. The first kappa shape index (κ1) is 9.19. The van der Waals surface area contributed by atoms with Gasteiger partial charge in [-0.25, -0.2) is 0 Å². The quantitative estimate of drug-likeness (QED) is 0.573. The van der Waals surface area contributed by atoms with Crippen LogP contribution in [0, 0.1) is 10.5 Å². The largest absolute Gasteiger partial charge is 0.298 e. The van der Waals surface area contributed by atoms with Gasteiger partial charge in [-0.3, -0.25) is 4.79 Å². The van der Waals surface area contributed by atoms with Crippen LogP contribution in [0.4, 0.5) is 0 Å². The molecule has 0 aliphatic heterocycles. The summed E-state index contributed by atoms with van der Waals surface area (Å²) < 4.78 is 1.86. The third-order valence-corrected chi connectivity index (χ3v) is 2.89. The Morgan fingerprint density at radius 3 is 2.64 bits per heavy atom. The molecule has 3 heteroatoms. The lowest BCUT2D eigenvalue weighted by atomic mass is 10.2. The van der Waals surface area contributed by atoms with E-state index in [0.29, 0.717) is 0 Å². The molecular formula is C8H6BrIO. The van der Waals surface area contributed by atoms with Gasteiger partial charge < -0.3 is 0 Å². The lowest BCUT2D eigenvalue weighted by Gasteiger charge is -2.00. The highest BCUT2D eigenvalue weighted by Crippen LogP contribution is 2.22. The number of rotatable bonds is 1. The first-order chi connectivity index (χ1) is 5.15. The Hall–Kier alpha value is 0.100. The molecule has 1 aromatic carbocycles. The zero-order chi connectivity index (χ0) is 8.43. The van der Waals surface area contributed by atoms with Gasteiger partial charge in [-0.15, -0.1) is 0 Å². The fourth-order valence-corrected chi connectivity index (χ4v) is 2.77. The topological polar surface area (TPSA) is 17.1 Å². The average Bonchev–Trinajstić information content (AvgIpc) is 1.85. The summed E-state index contributed by atoms with van der Waals surface area (Å²) in [6, 6.07) is 3.92. The number of carbonyl (C=O) groups is 1. The smallest absolute Gasteiger partial charge is 0.152 e. The Balaban J connectivity index is 3.36. The third kappa shape index (κ3) is 2.02. The molecule has 0 spiro atoms. The Morgan fingerprint density at radius 1 is 1.55 bits per heavy atom. The van der Waals surface area contributed by atoms with Crippen molar-refractivity contribution in [2.75, 3.05) is 0 Å². The highest BCUT2D eigenvalue weighted by atomic mass is 127. The molecule has 0 heterocycles. The van der Waals surface area contributed by atoms with E-state index < -0.39 is 0 Å². The second-order valence-electron chi connectivity index (χ2n) is 2.26. The summed E-state index contributed by atoms with van der Waals surface area (Å²) in [5.41, 5.74) is 1.89. The van der Waals surface area contributed by atoms with E-state index in [-0.39, 0.29) is 0 Å². The molecule has 0 amide bonds. The van der Waals surface area contributed by atoms with Gasteiger partial charge >= 0.3 is 0 Å². The predicted octanol–water partition coefficient (Wildman–Crippen LogP) is 3.17. The Labute approximate surface area is 87.5 Å². The van der Waals surface area contributed by atoms with Crippen LogP contribution in [-0.4, -0.2) is 6.29 Å². The van der Waals surface area contributed by atoms with E-state index >= 15 is 0 Å². The van der Waals surface area contributed by atoms with E-state index in [1.54, 1.807) is 0 Å². The van der Waals surface area contributed by atoms with Crippen LogP contribution in [0.25, 0.3) is 0 Å². The molecule has 0 saturated carbocycles. The number of halogens is 2. The van der Waals surface area contributed by atoms with Crippen molar-refractivity contribution in [3.05, 3.63) is 31.3 Å². The summed E-state index contributed by atoms with van der Waals surface area (Å²) in [6.07, 6.45) is 0.866. The van der Waals surface area contributed by atoms with Crippen molar-refractivity contribution in [2.45, 2.75) is 6.92 Å². The van der Waals surface area contributed by atoms with Gasteiger partial charge in [0.15, 0.2) is 6.29 Å². The van der Waals surface area contributed by atoms with Crippen molar-refractivity contribution < 1.29 is 4.79 Å². The maximum Gasteiger partial charge on any atom is 0.152 e. The molecule has 0 saturated heterocycles. The highest BCUT2D eigenvalue weighted by molar-refractivity contribution is 14.1. The number of carbonyl (C=O) groups excluding carboxylic acids is 1. The Morgan fingerprint density at radius 2 is 2.18 bits per heavy atom. The molecule has 1 rings (SSSR count). The second kappa shape index (κ2) is 3.67. The Kier molecular flexibility index (Phi) is 3.06. The van der Waals surface area contributed by atoms with Crippen LogP contribution in [0.5, 0.6) is 0 Å². The predicted molar refractivity (Wildman–Crippen MR) is 57.0 cm³/mol. The molecule has 0 N–H and O–H groups in total. The van der Waals surface area contributed by atoms with E-state index in [1.807, 2.05) is 19.1 Å². The molecule has 1 aromatic rings. The minimum atomic E-state index is 0.733. The second-order valence-corrected chi connectivity index (χ2v) is 4.28. The van der Waals surface area contributed by atoms with Crippen molar-refractivity contribution in [1.82, 2.24) is 0 Å². The Bertz CT molecular complexity index is 273. The molecule has 0 aliphatic carbocycles. The summed E-state index contributed by atoms with van der Waals surface area (Å²) in [4.78, 5) is 10.5. The van der Waals surface area contributed by atoms with Gasteiger partial charge in [0.2, 0.25) is 0 Å². The SMILES string of the molecule is Cc1cc(Br)c(C=O)c(I)c1. The number of benzene rings is 1. The van der Waals surface area contributed by atoms with E-state index in [1.165, 1.54) is 0 Å². The van der Waals surface area contributed by atoms with Crippen LogP contribution in [0.15, 0.2) is 16.6 Å². The summed E-state index contributed by atoms with van der Waals surface area (Å²) in [5, 5.41) is 0. The van der Waals surface area contributed by atoms with Gasteiger partial charge in [0, 0.05) is 13.6 Å². The van der Waals surface area contributed by atoms with Crippen LogP contribution in [-0.2, 0) is 0 Å². The minimum absolute atomic E-state index is 0.733. The average molecular weight is 325 g/mol. The maximum atomic E-state index is 10.5. The van der Waals surface area contributed by atoms with Crippen LogP contribution in [0.3, 0.4) is 0 Å². The monoisotopic (exact) mass is 324 g/mol. The van der Waals surface area contributed by atoms with Gasteiger partial charge in [0.25, 0.3) is 0 Å². The molecule has 11 heavy (non-hydrogen) atoms. The van der Waals surface area contributed by atoms with Crippen molar-refractivity contribution in [3.63, 3.8) is 0 Å². The number of aryl methyl sites for hydroxylation is 1. The third-order valence-electron chi connectivity index (χ3n) is 1.34. The van der Waals surface area contributed by atoms with Crippen LogP contribution >= 0.6 is 38.5 Å². The highest BCUT2D eigenvalue weighted by Gasteiger charge is 2.03. The normalized spacial score (nSPS) is 9.73. The zero-order valence-corrected chi connectivity index (χ0v) is 9.64. The molecule has 0 atom stereocenters. The van der Waals surface area contributed by atoms with Gasteiger partial charge in [0.1, 0.15) is 0 Å². The summed E-state index contributed by atoms with van der Waals surface area (Å²) >= 11 is 5.47. The minimum Gasteiger partial charge on any atom is -0.298 e. The summed E-state index contributed by atoms with van der Waals surface area (Å²) in [5.74, 6) is 0. The molecule has 1 nitrogen and oxygen atoms in total. The van der Waals surface area contributed by atoms with Crippen LogP contribution in [0.1, 0.15) is 15.9 Å². The summed E-state index contributed by atoms with van der Waals surface area (Å²) in [7, 11) is 0. The molecule has 0 aromatic heterocycles.